The number of unbranched alkanes of at least 4 members (excludes halogenated alkanes) is 21. The molecular weight excluding hydrogens is 775 g/mol. The van der Waals surface area contributed by atoms with Gasteiger partial charge in [0.05, 0.1) is 34.4 Å². The van der Waals surface area contributed by atoms with Crippen molar-refractivity contribution >= 4 is 17.9 Å². The van der Waals surface area contributed by atoms with E-state index in [2.05, 4.69) is 26.0 Å². The maximum Gasteiger partial charge on any atom is 0.362 e. The Kier molecular flexibility index (Phi) is 41.6. The van der Waals surface area contributed by atoms with Gasteiger partial charge in [-0.15, -0.1) is 0 Å². The third kappa shape index (κ3) is 41.8. The number of hydrogen-bond donors (Lipinski definition) is 1. The van der Waals surface area contributed by atoms with Crippen LogP contribution < -0.4 is 0 Å². The topological polar surface area (TPSA) is 99.1 Å². The lowest BCUT2D eigenvalue weighted by atomic mass is 10.0. The first kappa shape index (κ1) is 58.5. The van der Waals surface area contributed by atoms with Gasteiger partial charge in [-0.3, -0.25) is 9.59 Å². The summed E-state index contributed by atoms with van der Waals surface area (Å²) in [6.45, 7) is 4.55. The Bertz CT molecular complexity index is 1290. The predicted octanol–water partition coefficient (Wildman–Crippen LogP) is 14.1. The molecule has 8 heteroatoms. The third-order valence-electron chi connectivity index (χ3n) is 10.8. The van der Waals surface area contributed by atoms with Gasteiger partial charge in [0.25, 0.3) is 0 Å². The summed E-state index contributed by atoms with van der Waals surface area (Å²) in [5.74, 6) is -1.53. The molecule has 0 aromatic rings. The molecule has 0 heterocycles. The lowest BCUT2D eigenvalue weighted by molar-refractivity contribution is -0.887. The van der Waals surface area contributed by atoms with Gasteiger partial charge in [-0.1, -0.05) is 221 Å². The molecule has 0 aromatic carbocycles. The molecule has 0 radical (unpaired) electrons. The van der Waals surface area contributed by atoms with Gasteiger partial charge in [-0.2, -0.15) is 0 Å². The first-order chi connectivity index (χ1) is 30.1. The average molecular weight is 867 g/mol. The lowest BCUT2D eigenvalue weighted by Crippen LogP contribution is -2.50. The van der Waals surface area contributed by atoms with Gasteiger partial charge in [0.15, 0.2) is 12.1 Å². The largest absolute Gasteiger partial charge is 0.477 e. The van der Waals surface area contributed by atoms with E-state index in [-0.39, 0.29) is 42.7 Å². The summed E-state index contributed by atoms with van der Waals surface area (Å²) >= 11 is 0. The molecule has 62 heavy (non-hydrogen) atoms. The van der Waals surface area contributed by atoms with Crippen molar-refractivity contribution in [3.63, 3.8) is 0 Å². The highest BCUT2D eigenvalue weighted by Gasteiger charge is 2.31. The average Bonchev–Trinajstić information content (AvgIpc) is 3.23. The maximum absolute atomic E-state index is 12.8. The summed E-state index contributed by atoms with van der Waals surface area (Å²) in [6, 6.07) is -0.628. The number of ether oxygens (including phenoxy) is 3. The number of quaternary nitrogens is 1. The second kappa shape index (κ2) is 44.1. The molecule has 0 fully saturated rings. The van der Waals surface area contributed by atoms with Crippen molar-refractivity contribution in [2.24, 2.45) is 0 Å². The molecule has 0 amide bonds. The molecule has 2 unspecified atom stereocenters. The molecule has 0 aromatic heterocycles. The van der Waals surface area contributed by atoms with Crippen molar-refractivity contribution in [1.29, 1.82) is 0 Å². The molecule has 0 saturated carbocycles. The van der Waals surface area contributed by atoms with E-state index in [1.165, 1.54) is 103 Å². The highest BCUT2D eigenvalue weighted by atomic mass is 16.6. The van der Waals surface area contributed by atoms with Crippen molar-refractivity contribution in [1.82, 2.24) is 0 Å². The number of nitrogens with zero attached hydrogens (tertiary/aromatic N) is 1. The Hall–Kier alpha value is -3.49. The number of carboxylic acids is 1. The van der Waals surface area contributed by atoms with Crippen LogP contribution in [0.1, 0.15) is 187 Å². The van der Waals surface area contributed by atoms with Crippen LogP contribution >= 0.6 is 0 Å². The second-order valence-corrected chi connectivity index (χ2v) is 17.5. The smallest absolute Gasteiger partial charge is 0.362 e. The normalized spacial score (nSPS) is 13.6. The number of rotatable bonds is 43. The van der Waals surface area contributed by atoms with E-state index in [1.54, 1.807) is 0 Å². The third-order valence-corrected chi connectivity index (χ3v) is 10.8. The van der Waals surface area contributed by atoms with Crippen LogP contribution in [0.25, 0.3) is 0 Å². The molecule has 354 valence electrons. The molecule has 1 N–H and O–H groups in total. The molecule has 2 atom stereocenters. The molecule has 8 nitrogen and oxygen atoms in total. The van der Waals surface area contributed by atoms with E-state index in [0.717, 1.165) is 44.9 Å². The van der Waals surface area contributed by atoms with Crippen LogP contribution in [0, 0.1) is 0 Å². The quantitative estimate of drug-likeness (QED) is 0.0282. The van der Waals surface area contributed by atoms with Gasteiger partial charge in [-0.05, 0) is 32.1 Å². The summed E-state index contributed by atoms with van der Waals surface area (Å²) in [6.07, 6.45) is 57.7. The Morgan fingerprint density at radius 2 is 0.903 bits per heavy atom. The van der Waals surface area contributed by atoms with Gasteiger partial charge in [0, 0.05) is 19.3 Å². The number of aliphatic carboxylic acids is 1. The highest BCUT2D eigenvalue weighted by Crippen LogP contribution is 2.16. The van der Waals surface area contributed by atoms with E-state index in [1.807, 2.05) is 94.1 Å². The SMILES string of the molecule is CC/C=C/C=C/C=C/C=C/C=C/C=C/C=C/CCCCCC(=O)OC(COCCC(C(=O)O)[N+](C)(C)C)COC(=O)CCCCCCCCCCCCCCCCCCCCC. The number of likely N-dealkylation sites (N-methyl/N-ethyl adjacent to an activating group) is 1. The standard InChI is InChI=1S/C54H91NO7/c1-6-8-10-12-14-16-18-20-22-24-26-28-30-32-34-36-38-40-42-44-52(56)61-49-50(48-60-47-46-51(54(58)59)55(3,4)5)62-53(57)45-43-41-39-37-35-33-31-29-27-25-23-21-19-17-15-13-11-9-7-2/h9,11,13,15,17,19,21,23,25,27,29,31,33,35,50-51H,6-8,10,12,14,16,18,20,22,24,26,28,30,32,34,36-49H2,1-5H3/p+1/b11-9+,15-13+,19-17+,23-21+,27-25+,31-29+,35-33+. The van der Waals surface area contributed by atoms with Crippen LogP contribution in [0.3, 0.4) is 0 Å². The highest BCUT2D eigenvalue weighted by molar-refractivity contribution is 5.72. The Morgan fingerprint density at radius 1 is 0.500 bits per heavy atom. The van der Waals surface area contributed by atoms with E-state index in [9.17, 15) is 19.5 Å². The summed E-state index contributed by atoms with van der Waals surface area (Å²) in [5, 5.41) is 9.64. The van der Waals surface area contributed by atoms with Crippen molar-refractivity contribution in [3.8, 4) is 0 Å². The number of carbonyl (C=O) groups is 3. The minimum absolute atomic E-state index is 0.0391. The van der Waals surface area contributed by atoms with Crippen molar-refractivity contribution in [2.75, 3.05) is 41.0 Å². The zero-order valence-corrected chi connectivity index (χ0v) is 40.3. The molecule has 0 saturated heterocycles. The fourth-order valence-electron chi connectivity index (χ4n) is 6.96. The van der Waals surface area contributed by atoms with Crippen LogP contribution in [-0.2, 0) is 28.6 Å². The van der Waals surface area contributed by atoms with Crippen LogP contribution in [0.5, 0.6) is 0 Å². The van der Waals surface area contributed by atoms with Crippen molar-refractivity contribution in [3.05, 3.63) is 85.1 Å². The van der Waals surface area contributed by atoms with Gasteiger partial charge in [0.2, 0.25) is 0 Å². The first-order valence-electron chi connectivity index (χ1n) is 24.7. The summed E-state index contributed by atoms with van der Waals surface area (Å²) in [7, 11) is 5.51. The number of hydrogen-bond acceptors (Lipinski definition) is 6. The minimum Gasteiger partial charge on any atom is -0.477 e. The maximum atomic E-state index is 12.8. The van der Waals surface area contributed by atoms with Crippen LogP contribution in [0.4, 0.5) is 0 Å². The number of carbonyl (C=O) groups excluding carboxylic acids is 2. The van der Waals surface area contributed by atoms with Crippen LogP contribution in [0.15, 0.2) is 85.1 Å². The van der Waals surface area contributed by atoms with Gasteiger partial charge in [-0.25, -0.2) is 4.79 Å². The molecular formula is C54H92NO7+. The first-order valence-corrected chi connectivity index (χ1v) is 24.7. The Labute approximate surface area is 380 Å². The Balaban J connectivity index is 4.37. The molecule has 0 aliphatic rings. The molecule has 0 aliphatic heterocycles. The van der Waals surface area contributed by atoms with E-state index < -0.39 is 18.1 Å². The van der Waals surface area contributed by atoms with E-state index >= 15 is 0 Å². The Morgan fingerprint density at radius 3 is 1.34 bits per heavy atom. The molecule has 0 aliphatic carbocycles. The van der Waals surface area contributed by atoms with Crippen molar-refractivity contribution in [2.45, 2.75) is 199 Å². The monoisotopic (exact) mass is 867 g/mol. The van der Waals surface area contributed by atoms with Crippen LogP contribution in [-0.4, -0.2) is 80.6 Å². The minimum atomic E-state index is -0.885. The van der Waals surface area contributed by atoms with E-state index in [4.69, 9.17) is 14.2 Å². The van der Waals surface area contributed by atoms with E-state index in [0.29, 0.717) is 19.3 Å². The van der Waals surface area contributed by atoms with Gasteiger partial charge in [0.1, 0.15) is 6.61 Å². The molecule has 0 spiro atoms. The number of esters is 2. The summed E-state index contributed by atoms with van der Waals surface area (Å²) in [4.78, 5) is 37.1. The van der Waals surface area contributed by atoms with Crippen LogP contribution in [0.2, 0.25) is 0 Å². The second-order valence-electron chi connectivity index (χ2n) is 17.5. The van der Waals surface area contributed by atoms with Gasteiger partial charge >= 0.3 is 17.9 Å². The molecule has 0 bridgehead atoms. The number of allylic oxidation sites excluding steroid dienone is 14. The molecule has 0 rings (SSSR count). The fraction of sp³-hybridized carbons (Fsp3) is 0.685. The summed E-state index contributed by atoms with van der Waals surface area (Å²) in [5.41, 5.74) is 0. The zero-order chi connectivity index (χ0) is 45.6. The van der Waals surface area contributed by atoms with Crippen molar-refractivity contribution < 1.29 is 38.2 Å². The fourth-order valence-corrected chi connectivity index (χ4v) is 6.96. The number of carboxylic acid groups (broad SMARTS) is 1. The summed E-state index contributed by atoms with van der Waals surface area (Å²) < 4.78 is 17.3. The predicted molar refractivity (Wildman–Crippen MR) is 261 cm³/mol. The zero-order valence-electron chi connectivity index (χ0n) is 40.3. The lowest BCUT2D eigenvalue weighted by Gasteiger charge is -2.31. The van der Waals surface area contributed by atoms with Gasteiger partial charge < -0.3 is 23.8 Å².